The predicted octanol–water partition coefficient (Wildman–Crippen LogP) is 1.28. The van der Waals surface area contributed by atoms with Crippen molar-refractivity contribution in [1.29, 1.82) is 0 Å². The van der Waals surface area contributed by atoms with E-state index in [1.54, 1.807) is 24.3 Å². The maximum atomic E-state index is 11.9. The van der Waals surface area contributed by atoms with Gasteiger partial charge in [0.2, 0.25) is 5.91 Å². The normalized spacial score (nSPS) is 16.0. The van der Waals surface area contributed by atoms with Gasteiger partial charge in [0.1, 0.15) is 0 Å². The minimum absolute atomic E-state index is 0.226. The first-order valence-corrected chi connectivity index (χ1v) is 7.45. The molecule has 114 valence electrons. The van der Waals surface area contributed by atoms with E-state index in [1.807, 2.05) is 11.9 Å². The molecule has 1 fully saturated rings. The Bertz CT molecular complexity index is 498. The lowest BCUT2D eigenvalue weighted by atomic mass is 10.1. The fourth-order valence-electron chi connectivity index (χ4n) is 2.44. The number of imide groups is 1. The van der Waals surface area contributed by atoms with Crippen LogP contribution in [-0.4, -0.2) is 49.4 Å². The van der Waals surface area contributed by atoms with Crippen LogP contribution in [0.5, 0.6) is 0 Å². The maximum absolute atomic E-state index is 11.9. The molecule has 1 aromatic carbocycles. The fraction of sp³-hybridized carbons (Fsp3) is 0.467. The van der Waals surface area contributed by atoms with Gasteiger partial charge in [-0.2, -0.15) is 0 Å². The van der Waals surface area contributed by atoms with Gasteiger partial charge >= 0.3 is 0 Å². The molecule has 1 saturated heterocycles. The lowest BCUT2D eigenvalue weighted by molar-refractivity contribution is -0.121. The summed E-state index contributed by atoms with van der Waals surface area (Å²) in [6.45, 7) is 2.17. The van der Waals surface area contributed by atoms with Gasteiger partial charge in [-0.15, -0.1) is 0 Å². The highest BCUT2D eigenvalue weighted by Crippen LogP contribution is 2.10. The zero-order chi connectivity index (χ0) is 15.2. The number of carbonyl (C=O) groups excluding carboxylic acids is 2. The molecule has 1 aliphatic heterocycles. The van der Waals surface area contributed by atoms with Gasteiger partial charge in [-0.05, 0) is 57.2 Å². The predicted molar refractivity (Wildman–Crippen MR) is 82.4 cm³/mol. The Morgan fingerprint density at radius 2 is 1.90 bits per heavy atom. The van der Waals surface area contributed by atoms with Gasteiger partial charge in [0.05, 0.1) is 6.54 Å². The Labute approximate surface area is 129 Å². The van der Waals surface area contributed by atoms with E-state index in [9.17, 15) is 9.59 Å². The topological polar surface area (TPSA) is 61.4 Å². The van der Waals surface area contributed by atoms with E-state index in [-0.39, 0.29) is 12.5 Å². The molecule has 0 spiro atoms. The maximum Gasteiger partial charge on any atom is 0.257 e. The van der Waals surface area contributed by atoms with Crippen LogP contribution in [0.4, 0.5) is 0 Å². The molecule has 1 aliphatic rings. The number of halogens is 1. The minimum Gasteiger partial charge on any atom is -0.317 e. The van der Waals surface area contributed by atoms with Gasteiger partial charge in [0.25, 0.3) is 5.91 Å². The number of hydrogen-bond acceptors (Lipinski definition) is 4. The smallest absolute Gasteiger partial charge is 0.257 e. The second-order valence-electron chi connectivity index (χ2n) is 5.28. The van der Waals surface area contributed by atoms with E-state index in [0.717, 1.165) is 25.9 Å². The summed E-state index contributed by atoms with van der Waals surface area (Å²) in [7, 11) is 1.92. The summed E-state index contributed by atoms with van der Waals surface area (Å²) >= 11 is 5.77. The molecule has 0 radical (unpaired) electrons. The van der Waals surface area contributed by atoms with Gasteiger partial charge in [0.15, 0.2) is 0 Å². The van der Waals surface area contributed by atoms with Crippen molar-refractivity contribution in [1.82, 2.24) is 15.5 Å². The first kappa shape index (κ1) is 15.9. The molecule has 0 atom stereocenters. The number of carbonyl (C=O) groups is 2. The number of piperidine rings is 1. The number of nitrogens with one attached hydrogen (secondary N) is 2. The summed E-state index contributed by atoms with van der Waals surface area (Å²) in [6.07, 6.45) is 2.05. The van der Waals surface area contributed by atoms with Crippen molar-refractivity contribution in [3.8, 4) is 0 Å². The first-order chi connectivity index (χ1) is 10.1. The highest BCUT2D eigenvalue weighted by atomic mass is 35.5. The molecule has 21 heavy (non-hydrogen) atoms. The zero-order valence-corrected chi connectivity index (χ0v) is 12.8. The highest BCUT2D eigenvalue weighted by molar-refractivity contribution is 6.30. The molecule has 0 saturated carbocycles. The fourth-order valence-corrected chi connectivity index (χ4v) is 2.57. The van der Waals surface area contributed by atoms with Crippen LogP contribution < -0.4 is 10.6 Å². The summed E-state index contributed by atoms with van der Waals surface area (Å²) in [6, 6.07) is 6.84. The van der Waals surface area contributed by atoms with Crippen molar-refractivity contribution in [2.75, 3.05) is 26.7 Å². The Morgan fingerprint density at radius 3 is 2.52 bits per heavy atom. The standard InChI is InChI=1S/C15H20ClN3O2/c1-19(13-6-8-17-9-7-13)10-14(20)18-15(21)11-2-4-12(16)5-3-11/h2-5,13,17H,6-10H2,1H3,(H,18,20,21). The molecule has 0 bridgehead atoms. The summed E-state index contributed by atoms with van der Waals surface area (Å²) in [5.74, 6) is -0.675. The van der Waals surface area contributed by atoms with Gasteiger partial charge in [-0.25, -0.2) is 0 Å². The van der Waals surface area contributed by atoms with E-state index in [4.69, 9.17) is 11.6 Å². The van der Waals surface area contributed by atoms with Crippen molar-refractivity contribution < 1.29 is 9.59 Å². The van der Waals surface area contributed by atoms with Crippen LogP contribution in [0.1, 0.15) is 23.2 Å². The van der Waals surface area contributed by atoms with Gasteiger partial charge in [-0.3, -0.25) is 19.8 Å². The second kappa shape index (κ2) is 7.54. The third kappa shape index (κ3) is 4.81. The van der Waals surface area contributed by atoms with E-state index >= 15 is 0 Å². The molecular formula is C15H20ClN3O2. The molecule has 2 N–H and O–H groups in total. The van der Waals surface area contributed by atoms with Crippen molar-refractivity contribution >= 4 is 23.4 Å². The third-order valence-electron chi connectivity index (χ3n) is 3.68. The second-order valence-corrected chi connectivity index (χ2v) is 5.72. The van der Waals surface area contributed by atoms with Crippen molar-refractivity contribution in [3.63, 3.8) is 0 Å². The average Bonchev–Trinajstić information content (AvgIpc) is 2.48. The zero-order valence-electron chi connectivity index (χ0n) is 12.1. The molecule has 2 amide bonds. The Balaban J connectivity index is 1.83. The van der Waals surface area contributed by atoms with Crippen LogP contribution in [0, 0.1) is 0 Å². The Hall–Kier alpha value is -1.43. The largest absolute Gasteiger partial charge is 0.317 e. The van der Waals surface area contributed by atoms with Crippen LogP contribution in [0.3, 0.4) is 0 Å². The summed E-state index contributed by atoms with van der Waals surface area (Å²) < 4.78 is 0. The Kier molecular flexibility index (Phi) is 5.73. The number of nitrogens with zero attached hydrogens (tertiary/aromatic N) is 1. The molecule has 0 aromatic heterocycles. The van der Waals surface area contributed by atoms with Crippen LogP contribution >= 0.6 is 11.6 Å². The molecule has 1 heterocycles. The molecule has 6 heteroatoms. The van der Waals surface area contributed by atoms with E-state index in [0.29, 0.717) is 16.6 Å². The lowest BCUT2D eigenvalue weighted by Gasteiger charge is -2.30. The molecule has 5 nitrogen and oxygen atoms in total. The monoisotopic (exact) mass is 309 g/mol. The summed E-state index contributed by atoms with van der Waals surface area (Å²) in [5.41, 5.74) is 0.428. The number of amides is 2. The van der Waals surface area contributed by atoms with E-state index in [2.05, 4.69) is 10.6 Å². The van der Waals surface area contributed by atoms with E-state index < -0.39 is 5.91 Å². The number of benzene rings is 1. The lowest BCUT2D eigenvalue weighted by Crippen LogP contribution is -2.46. The number of hydrogen-bond donors (Lipinski definition) is 2. The van der Waals surface area contributed by atoms with Crippen LogP contribution in [0.2, 0.25) is 5.02 Å². The molecular weight excluding hydrogens is 290 g/mol. The van der Waals surface area contributed by atoms with Gasteiger partial charge in [0, 0.05) is 16.6 Å². The summed E-state index contributed by atoms with van der Waals surface area (Å²) in [5, 5.41) is 6.26. The van der Waals surface area contributed by atoms with E-state index in [1.165, 1.54) is 0 Å². The van der Waals surface area contributed by atoms with Crippen LogP contribution in [0.15, 0.2) is 24.3 Å². The van der Waals surface area contributed by atoms with Crippen LogP contribution in [0.25, 0.3) is 0 Å². The van der Waals surface area contributed by atoms with Crippen molar-refractivity contribution in [3.05, 3.63) is 34.9 Å². The quantitative estimate of drug-likeness (QED) is 0.879. The van der Waals surface area contributed by atoms with Crippen LogP contribution in [-0.2, 0) is 4.79 Å². The molecule has 1 aromatic rings. The van der Waals surface area contributed by atoms with Gasteiger partial charge < -0.3 is 5.32 Å². The molecule has 2 rings (SSSR count). The van der Waals surface area contributed by atoms with Crippen molar-refractivity contribution in [2.45, 2.75) is 18.9 Å². The highest BCUT2D eigenvalue weighted by Gasteiger charge is 2.20. The first-order valence-electron chi connectivity index (χ1n) is 7.07. The van der Waals surface area contributed by atoms with Crippen molar-refractivity contribution in [2.24, 2.45) is 0 Å². The number of rotatable bonds is 4. The average molecular weight is 310 g/mol. The van der Waals surface area contributed by atoms with Gasteiger partial charge in [-0.1, -0.05) is 11.6 Å². The summed E-state index contributed by atoms with van der Waals surface area (Å²) in [4.78, 5) is 25.9. The SMILES string of the molecule is CN(CC(=O)NC(=O)c1ccc(Cl)cc1)C1CCNCC1. The molecule has 0 unspecified atom stereocenters. The molecule has 0 aliphatic carbocycles. The minimum atomic E-state index is -0.393. The Morgan fingerprint density at radius 1 is 1.29 bits per heavy atom. The third-order valence-corrected chi connectivity index (χ3v) is 3.94. The number of likely N-dealkylation sites (N-methyl/N-ethyl adjacent to an activating group) is 1.